The number of hydrogen-bond donors (Lipinski definition) is 0. The first-order valence-corrected chi connectivity index (χ1v) is 8.20. The van der Waals surface area contributed by atoms with E-state index in [9.17, 15) is 13.2 Å². The Hall–Kier alpha value is -0.893. The SMILES string of the molecule is CO[Si](CCCCc1cc(F)c(F)c(F)c1)(OC)OC. The van der Waals surface area contributed by atoms with E-state index in [1.54, 1.807) is 0 Å². The number of aryl methyl sites for hydroxylation is 1. The van der Waals surface area contributed by atoms with E-state index in [-0.39, 0.29) is 0 Å². The molecule has 7 heteroatoms. The molecule has 0 amide bonds. The Bertz CT molecular complexity index is 408. The molecule has 0 spiro atoms. The topological polar surface area (TPSA) is 27.7 Å². The van der Waals surface area contributed by atoms with Crippen molar-refractivity contribution in [3.8, 4) is 0 Å². The van der Waals surface area contributed by atoms with Gasteiger partial charge in [-0.1, -0.05) is 0 Å². The average molecular weight is 308 g/mol. The Morgan fingerprint density at radius 1 is 0.900 bits per heavy atom. The highest BCUT2D eigenvalue weighted by Crippen LogP contribution is 2.19. The molecule has 0 saturated carbocycles. The van der Waals surface area contributed by atoms with Gasteiger partial charge in [0, 0.05) is 27.4 Å². The second-order valence-electron chi connectivity index (χ2n) is 4.38. The van der Waals surface area contributed by atoms with Gasteiger partial charge in [0.15, 0.2) is 17.5 Å². The van der Waals surface area contributed by atoms with Crippen molar-refractivity contribution in [2.45, 2.75) is 25.3 Å². The zero-order chi connectivity index (χ0) is 15.2. The molecule has 0 aliphatic heterocycles. The third-order valence-corrected chi connectivity index (χ3v) is 6.01. The maximum Gasteiger partial charge on any atom is 0.500 e. The smallest absolute Gasteiger partial charge is 0.377 e. The number of hydrogen-bond acceptors (Lipinski definition) is 3. The number of halogens is 3. The van der Waals surface area contributed by atoms with E-state index in [1.165, 1.54) is 21.3 Å². The minimum Gasteiger partial charge on any atom is -0.377 e. The fourth-order valence-electron chi connectivity index (χ4n) is 1.98. The standard InChI is InChI=1S/C13H19F3O3Si/c1-17-20(18-2,19-3)7-5-4-6-10-8-11(14)13(16)12(15)9-10/h8-9H,4-7H2,1-3H3. The van der Waals surface area contributed by atoms with Crippen LogP contribution in [0.2, 0.25) is 6.04 Å². The van der Waals surface area contributed by atoms with Gasteiger partial charge in [-0.25, -0.2) is 13.2 Å². The summed E-state index contributed by atoms with van der Waals surface area (Å²) in [6, 6.07) is 2.65. The van der Waals surface area contributed by atoms with Crippen molar-refractivity contribution in [1.82, 2.24) is 0 Å². The molecule has 0 bridgehead atoms. The van der Waals surface area contributed by atoms with Crippen molar-refractivity contribution in [3.05, 3.63) is 35.1 Å². The zero-order valence-corrected chi connectivity index (χ0v) is 12.8. The third kappa shape index (κ3) is 4.31. The van der Waals surface area contributed by atoms with Gasteiger partial charge in [0.25, 0.3) is 0 Å². The minimum atomic E-state index is -2.59. The summed E-state index contributed by atoms with van der Waals surface area (Å²) < 4.78 is 54.7. The molecule has 0 aromatic heterocycles. The van der Waals surface area contributed by atoms with Crippen LogP contribution in [0, 0.1) is 17.5 Å². The van der Waals surface area contributed by atoms with Crippen molar-refractivity contribution in [2.24, 2.45) is 0 Å². The lowest BCUT2D eigenvalue weighted by molar-refractivity contribution is 0.123. The maximum atomic E-state index is 13.0. The first-order chi connectivity index (χ1) is 9.48. The quantitative estimate of drug-likeness (QED) is 0.419. The molecule has 0 radical (unpaired) electrons. The fraction of sp³-hybridized carbons (Fsp3) is 0.538. The molecule has 1 rings (SSSR count). The predicted octanol–water partition coefficient (Wildman–Crippen LogP) is 3.30. The molecular weight excluding hydrogens is 289 g/mol. The highest BCUT2D eigenvalue weighted by molar-refractivity contribution is 6.60. The van der Waals surface area contributed by atoms with Gasteiger partial charge in [-0.3, -0.25) is 0 Å². The number of benzene rings is 1. The first-order valence-electron chi connectivity index (χ1n) is 6.27. The summed E-state index contributed by atoms with van der Waals surface area (Å²) in [7, 11) is 2.00. The van der Waals surface area contributed by atoms with Crippen LogP contribution in [0.5, 0.6) is 0 Å². The molecule has 0 N–H and O–H groups in total. The van der Waals surface area contributed by atoms with Crippen LogP contribution in [0.3, 0.4) is 0 Å². The summed E-state index contributed by atoms with van der Waals surface area (Å²) in [4.78, 5) is 0. The van der Waals surface area contributed by atoms with E-state index in [0.29, 0.717) is 24.4 Å². The Kier molecular flexibility index (Phi) is 6.67. The van der Waals surface area contributed by atoms with E-state index in [0.717, 1.165) is 18.6 Å². The van der Waals surface area contributed by atoms with E-state index < -0.39 is 26.3 Å². The molecule has 0 heterocycles. The molecular formula is C13H19F3O3Si. The summed E-state index contributed by atoms with van der Waals surface area (Å²) in [5.41, 5.74) is 0.431. The highest BCUT2D eigenvalue weighted by Gasteiger charge is 2.36. The minimum absolute atomic E-state index is 0.431. The average Bonchev–Trinajstić information content (AvgIpc) is 2.45. The van der Waals surface area contributed by atoms with Gasteiger partial charge in [-0.15, -0.1) is 0 Å². The van der Waals surface area contributed by atoms with E-state index in [4.69, 9.17) is 13.3 Å². The van der Waals surface area contributed by atoms with Crippen LogP contribution in [0.25, 0.3) is 0 Å². The molecule has 3 nitrogen and oxygen atoms in total. The summed E-state index contributed by atoms with van der Waals surface area (Å²) in [5.74, 6) is -3.75. The van der Waals surface area contributed by atoms with Crippen LogP contribution < -0.4 is 0 Å². The monoisotopic (exact) mass is 308 g/mol. The normalized spacial score (nSPS) is 11.9. The van der Waals surface area contributed by atoms with Gasteiger partial charge in [0.2, 0.25) is 0 Å². The molecule has 0 unspecified atom stereocenters. The molecule has 1 aromatic rings. The van der Waals surface area contributed by atoms with Crippen LogP contribution in [0.4, 0.5) is 13.2 Å². The molecule has 0 aliphatic carbocycles. The third-order valence-electron chi connectivity index (χ3n) is 3.18. The zero-order valence-electron chi connectivity index (χ0n) is 11.8. The fourth-order valence-corrected chi connectivity index (χ4v) is 3.77. The van der Waals surface area contributed by atoms with Gasteiger partial charge in [0.1, 0.15) is 0 Å². The summed E-state index contributed by atoms with van der Waals surface area (Å²) in [5, 5.41) is 0. The number of rotatable bonds is 8. The summed E-state index contributed by atoms with van der Waals surface area (Å²) in [6.07, 6.45) is 1.85. The van der Waals surface area contributed by atoms with Crippen molar-refractivity contribution >= 4 is 8.80 Å². The molecule has 0 aliphatic rings. The van der Waals surface area contributed by atoms with Gasteiger partial charge >= 0.3 is 8.80 Å². The second kappa shape index (κ2) is 7.77. The molecule has 0 fully saturated rings. The van der Waals surface area contributed by atoms with Crippen LogP contribution in [-0.4, -0.2) is 30.1 Å². The Morgan fingerprint density at radius 3 is 1.85 bits per heavy atom. The Morgan fingerprint density at radius 2 is 1.40 bits per heavy atom. The van der Waals surface area contributed by atoms with Crippen LogP contribution in [-0.2, 0) is 19.7 Å². The lowest BCUT2D eigenvalue weighted by Crippen LogP contribution is -2.42. The van der Waals surface area contributed by atoms with E-state index in [1.807, 2.05) is 0 Å². The van der Waals surface area contributed by atoms with Crippen molar-refractivity contribution in [3.63, 3.8) is 0 Å². The maximum absolute atomic E-state index is 13.0. The van der Waals surface area contributed by atoms with Gasteiger partial charge < -0.3 is 13.3 Å². The lowest BCUT2D eigenvalue weighted by Gasteiger charge is -2.24. The summed E-state index contributed by atoms with van der Waals surface area (Å²) in [6.45, 7) is 0. The molecule has 114 valence electrons. The van der Waals surface area contributed by atoms with E-state index >= 15 is 0 Å². The Balaban J connectivity index is 2.49. The number of unbranched alkanes of at least 4 members (excludes halogenated alkanes) is 1. The van der Waals surface area contributed by atoms with Crippen LogP contribution in [0.15, 0.2) is 12.1 Å². The van der Waals surface area contributed by atoms with E-state index in [2.05, 4.69) is 0 Å². The predicted molar refractivity (Wildman–Crippen MR) is 70.8 cm³/mol. The first kappa shape index (κ1) is 17.2. The Labute approximate surface area is 118 Å². The molecule has 20 heavy (non-hydrogen) atoms. The van der Waals surface area contributed by atoms with Gasteiger partial charge in [-0.2, -0.15) is 0 Å². The van der Waals surface area contributed by atoms with Crippen LogP contribution in [0.1, 0.15) is 18.4 Å². The molecule has 0 atom stereocenters. The van der Waals surface area contributed by atoms with Gasteiger partial charge in [0.05, 0.1) is 0 Å². The summed E-state index contributed by atoms with van der Waals surface area (Å²) >= 11 is 0. The van der Waals surface area contributed by atoms with Gasteiger partial charge in [-0.05, 0) is 37.0 Å². The molecule has 0 saturated heterocycles. The van der Waals surface area contributed by atoms with Crippen molar-refractivity contribution < 1.29 is 26.4 Å². The largest absolute Gasteiger partial charge is 0.500 e. The van der Waals surface area contributed by atoms with Crippen molar-refractivity contribution in [2.75, 3.05) is 21.3 Å². The second-order valence-corrected chi connectivity index (χ2v) is 7.47. The van der Waals surface area contributed by atoms with Crippen LogP contribution >= 0.6 is 0 Å². The molecule has 1 aromatic carbocycles. The lowest BCUT2D eigenvalue weighted by atomic mass is 10.1. The highest BCUT2D eigenvalue weighted by atomic mass is 28.4. The van der Waals surface area contributed by atoms with Crippen molar-refractivity contribution in [1.29, 1.82) is 0 Å².